The summed E-state index contributed by atoms with van der Waals surface area (Å²) < 4.78 is 0. The van der Waals surface area contributed by atoms with Gasteiger partial charge in [-0.2, -0.15) is 0 Å². The van der Waals surface area contributed by atoms with Crippen LogP contribution in [0.25, 0.3) is 0 Å². The molecule has 0 saturated carbocycles. The molecule has 0 heterocycles. The molecule has 0 aromatic carbocycles. The second-order valence-electron chi connectivity index (χ2n) is 3.65. The van der Waals surface area contributed by atoms with Crippen LogP contribution in [0.4, 0.5) is 4.79 Å². The van der Waals surface area contributed by atoms with Gasteiger partial charge in [0.15, 0.2) is 0 Å². The van der Waals surface area contributed by atoms with Gasteiger partial charge in [0, 0.05) is 18.7 Å². The molecule has 0 aromatic rings. The van der Waals surface area contributed by atoms with Gasteiger partial charge in [-0.3, -0.25) is 14.9 Å². The van der Waals surface area contributed by atoms with Crippen LogP contribution in [0.15, 0.2) is 12.2 Å². The quantitative estimate of drug-likeness (QED) is 0.479. The Morgan fingerprint density at radius 2 is 1.84 bits per heavy atom. The Labute approximate surface area is 110 Å². The van der Waals surface area contributed by atoms with E-state index in [0.717, 1.165) is 6.42 Å². The number of carboxylic acid groups (broad SMARTS) is 1. The summed E-state index contributed by atoms with van der Waals surface area (Å²) in [6.45, 7) is 3.84. The van der Waals surface area contributed by atoms with Gasteiger partial charge >= 0.3 is 12.0 Å². The predicted octanol–water partition coefficient (Wildman–Crippen LogP) is -0.632. The fourth-order valence-electron chi connectivity index (χ4n) is 1.00. The Morgan fingerprint density at radius 1 is 1.21 bits per heavy atom. The van der Waals surface area contributed by atoms with Gasteiger partial charge in [0.2, 0.25) is 5.91 Å². The molecule has 0 fully saturated rings. The van der Waals surface area contributed by atoms with E-state index in [4.69, 9.17) is 5.11 Å². The number of carbonyl (C=O) groups excluding carboxylic acids is 3. The maximum atomic E-state index is 11.4. The van der Waals surface area contributed by atoms with Crippen molar-refractivity contribution >= 4 is 23.8 Å². The fourth-order valence-corrected chi connectivity index (χ4v) is 1.00. The third kappa shape index (κ3) is 8.36. The van der Waals surface area contributed by atoms with Crippen molar-refractivity contribution in [3.05, 3.63) is 12.2 Å². The van der Waals surface area contributed by atoms with E-state index >= 15 is 0 Å². The highest BCUT2D eigenvalue weighted by Crippen LogP contribution is 1.84. The molecule has 4 amide bonds. The summed E-state index contributed by atoms with van der Waals surface area (Å²) in [6, 6.07) is -1.68. The van der Waals surface area contributed by atoms with Gasteiger partial charge in [0.05, 0.1) is 0 Å². The van der Waals surface area contributed by atoms with Crippen LogP contribution >= 0.6 is 0 Å². The lowest BCUT2D eigenvalue weighted by molar-refractivity contribution is -0.131. The Morgan fingerprint density at radius 3 is 2.37 bits per heavy atom. The SMILES string of the molecule is CCCNC(=O)C(C)NC(=O)NC(=O)C=CC(=O)O. The summed E-state index contributed by atoms with van der Waals surface area (Å²) in [5.41, 5.74) is 0. The number of urea groups is 1. The predicted molar refractivity (Wildman–Crippen MR) is 66.2 cm³/mol. The van der Waals surface area contributed by atoms with Gasteiger partial charge in [0.1, 0.15) is 6.04 Å². The van der Waals surface area contributed by atoms with Crippen LogP contribution in [-0.2, 0) is 14.4 Å². The molecule has 8 nitrogen and oxygen atoms in total. The first-order chi connectivity index (χ1) is 8.86. The lowest BCUT2D eigenvalue weighted by Crippen LogP contribution is -2.49. The van der Waals surface area contributed by atoms with Gasteiger partial charge in [-0.05, 0) is 13.3 Å². The molecule has 8 heteroatoms. The van der Waals surface area contributed by atoms with Crippen LogP contribution in [-0.4, -0.2) is 41.5 Å². The van der Waals surface area contributed by atoms with Crippen molar-refractivity contribution in [2.45, 2.75) is 26.3 Å². The number of hydrogen-bond acceptors (Lipinski definition) is 4. The first-order valence-corrected chi connectivity index (χ1v) is 5.67. The summed E-state index contributed by atoms with van der Waals surface area (Å²) in [5.74, 6) is -2.56. The number of carboxylic acids is 1. The number of hydrogen-bond donors (Lipinski definition) is 4. The molecule has 0 radical (unpaired) electrons. The van der Waals surface area contributed by atoms with Crippen LogP contribution in [0, 0.1) is 0 Å². The smallest absolute Gasteiger partial charge is 0.328 e. The Hall–Kier alpha value is -2.38. The van der Waals surface area contributed by atoms with E-state index in [9.17, 15) is 19.2 Å². The Balaban J connectivity index is 4.13. The second kappa shape index (κ2) is 8.67. The molecule has 0 aliphatic heterocycles. The molecule has 1 atom stereocenters. The second-order valence-corrected chi connectivity index (χ2v) is 3.65. The molecule has 0 saturated heterocycles. The van der Waals surface area contributed by atoms with E-state index in [2.05, 4.69) is 10.6 Å². The molecule has 0 bridgehead atoms. The minimum atomic E-state index is -1.30. The molecular weight excluding hydrogens is 254 g/mol. The number of amides is 4. The zero-order chi connectivity index (χ0) is 14.8. The minimum absolute atomic E-state index is 0.370. The van der Waals surface area contributed by atoms with Crippen molar-refractivity contribution in [2.24, 2.45) is 0 Å². The highest BCUT2D eigenvalue weighted by molar-refractivity contribution is 6.03. The standard InChI is InChI=1S/C11H17N3O5/c1-3-6-12-10(18)7(2)13-11(19)14-8(15)4-5-9(16)17/h4-5,7H,3,6H2,1-2H3,(H,12,18)(H,16,17)(H2,13,14,15,19). The molecule has 0 aliphatic rings. The summed E-state index contributed by atoms with van der Waals surface area (Å²) in [6.07, 6.45) is 2.06. The van der Waals surface area contributed by atoms with Crippen molar-refractivity contribution in [3.8, 4) is 0 Å². The zero-order valence-electron chi connectivity index (χ0n) is 10.7. The maximum absolute atomic E-state index is 11.4. The highest BCUT2D eigenvalue weighted by Gasteiger charge is 2.15. The molecule has 4 N–H and O–H groups in total. The lowest BCUT2D eigenvalue weighted by atomic mass is 10.3. The monoisotopic (exact) mass is 271 g/mol. The van der Waals surface area contributed by atoms with E-state index < -0.39 is 23.9 Å². The van der Waals surface area contributed by atoms with Crippen LogP contribution in [0.3, 0.4) is 0 Å². The van der Waals surface area contributed by atoms with Gasteiger partial charge in [-0.25, -0.2) is 9.59 Å². The largest absolute Gasteiger partial charge is 0.478 e. The summed E-state index contributed by atoms with van der Waals surface area (Å²) >= 11 is 0. The van der Waals surface area contributed by atoms with Crippen LogP contribution < -0.4 is 16.0 Å². The third-order valence-corrected chi connectivity index (χ3v) is 1.90. The number of carbonyl (C=O) groups is 4. The minimum Gasteiger partial charge on any atom is -0.478 e. The van der Waals surface area contributed by atoms with Gasteiger partial charge in [-0.1, -0.05) is 6.92 Å². The zero-order valence-corrected chi connectivity index (χ0v) is 10.7. The molecular formula is C11H17N3O5. The van der Waals surface area contributed by atoms with E-state index in [1.54, 1.807) is 0 Å². The van der Waals surface area contributed by atoms with Crippen molar-refractivity contribution in [1.82, 2.24) is 16.0 Å². The van der Waals surface area contributed by atoms with E-state index in [0.29, 0.717) is 18.7 Å². The normalized spacial score (nSPS) is 11.7. The van der Waals surface area contributed by atoms with Crippen molar-refractivity contribution < 1.29 is 24.3 Å². The number of nitrogens with one attached hydrogen (secondary N) is 3. The first kappa shape index (κ1) is 16.6. The Kier molecular flexibility index (Phi) is 7.59. The molecule has 19 heavy (non-hydrogen) atoms. The topological polar surface area (TPSA) is 125 Å². The van der Waals surface area contributed by atoms with Crippen LogP contribution in [0.2, 0.25) is 0 Å². The van der Waals surface area contributed by atoms with Crippen molar-refractivity contribution in [3.63, 3.8) is 0 Å². The average Bonchev–Trinajstić information content (AvgIpc) is 2.33. The molecule has 0 aromatic heterocycles. The highest BCUT2D eigenvalue weighted by atomic mass is 16.4. The van der Waals surface area contributed by atoms with Gasteiger partial charge < -0.3 is 15.7 Å². The number of imide groups is 1. The molecule has 1 unspecified atom stereocenters. The third-order valence-electron chi connectivity index (χ3n) is 1.90. The first-order valence-electron chi connectivity index (χ1n) is 5.67. The van der Waals surface area contributed by atoms with Gasteiger partial charge in [0.25, 0.3) is 5.91 Å². The Bertz CT molecular complexity index is 392. The summed E-state index contributed by atoms with van der Waals surface area (Å²) in [4.78, 5) is 43.9. The van der Waals surface area contributed by atoms with Crippen LogP contribution in [0.1, 0.15) is 20.3 Å². The fraction of sp³-hybridized carbons (Fsp3) is 0.455. The van der Waals surface area contributed by atoms with E-state index in [1.165, 1.54) is 6.92 Å². The molecule has 0 aliphatic carbocycles. The van der Waals surface area contributed by atoms with E-state index in [-0.39, 0.29) is 5.91 Å². The average molecular weight is 271 g/mol. The lowest BCUT2D eigenvalue weighted by Gasteiger charge is -2.13. The van der Waals surface area contributed by atoms with Crippen molar-refractivity contribution in [1.29, 1.82) is 0 Å². The van der Waals surface area contributed by atoms with E-state index in [1.807, 2.05) is 12.2 Å². The number of rotatable bonds is 6. The number of aliphatic carboxylic acids is 1. The molecule has 106 valence electrons. The molecule has 0 rings (SSSR count). The van der Waals surface area contributed by atoms with Crippen LogP contribution in [0.5, 0.6) is 0 Å². The van der Waals surface area contributed by atoms with Crippen molar-refractivity contribution in [2.75, 3.05) is 6.54 Å². The van der Waals surface area contributed by atoms with Gasteiger partial charge in [-0.15, -0.1) is 0 Å². The summed E-state index contributed by atoms with van der Waals surface area (Å²) in [7, 11) is 0. The summed E-state index contributed by atoms with van der Waals surface area (Å²) in [5, 5.41) is 15.0. The maximum Gasteiger partial charge on any atom is 0.328 e. The molecule has 0 spiro atoms.